The SMILES string of the molecule is COc1cc(Cl)ccc1C(=O)NCC1(O)CCCC(C)C1. The third-order valence-electron chi connectivity index (χ3n) is 4.05. The lowest BCUT2D eigenvalue weighted by Crippen LogP contribution is -2.45. The third-order valence-corrected chi connectivity index (χ3v) is 4.29. The summed E-state index contributed by atoms with van der Waals surface area (Å²) in [6, 6.07) is 4.88. The highest BCUT2D eigenvalue weighted by Crippen LogP contribution is 2.32. The van der Waals surface area contributed by atoms with Crippen molar-refractivity contribution in [2.45, 2.75) is 38.2 Å². The maximum Gasteiger partial charge on any atom is 0.255 e. The number of rotatable bonds is 4. The first-order chi connectivity index (χ1) is 9.93. The summed E-state index contributed by atoms with van der Waals surface area (Å²) in [7, 11) is 1.50. The summed E-state index contributed by atoms with van der Waals surface area (Å²) in [5, 5.41) is 13.9. The van der Waals surface area contributed by atoms with Gasteiger partial charge in [-0.3, -0.25) is 4.79 Å². The van der Waals surface area contributed by atoms with Crippen molar-refractivity contribution in [2.24, 2.45) is 5.92 Å². The van der Waals surface area contributed by atoms with Gasteiger partial charge in [0, 0.05) is 11.6 Å². The Morgan fingerprint density at radius 3 is 3.00 bits per heavy atom. The van der Waals surface area contributed by atoms with E-state index in [0.29, 0.717) is 22.3 Å². The minimum atomic E-state index is -0.799. The molecule has 1 saturated carbocycles. The van der Waals surface area contributed by atoms with E-state index in [-0.39, 0.29) is 12.5 Å². The highest BCUT2D eigenvalue weighted by Gasteiger charge is 2.33. The standard InChI is InChI=1S/C16H22ClNO3/c1-11-4-3-7-16(20,9-11)10-18-15(19)13-6-5-12(17)8-14(13)21-2/h5-6,8,11,20H,3-4,7,9-10H2,1-2H3,(H,18,19). The summed E-state index contributed by atoms with van der Waals surface area (Å²) in [4.78, 5) is 12.3. The zero-order chi connectivity index (χ0) is 15.5. The van der Waals surface area contributed by atoms with Crippen molar-refractivity contribution in [2.75, 3.05) is 13.7 Å². The van der Waals surface area contributed by atoms with Crippen molar-refractivity contribution in [1.82, 2.24) is 5.32 Å². The molecule has 1 aromatic rings. The number of benzene rings is 1. The van der Waals surface area contributed by atoms with E-state index < -0.39 is 5.60 Å². The van der Waals surface area contributed by atoms with E-state index in [9.17, 15) is 9.90 Å². The minimum Gasteiger partial charge on any atom is -0.496 e. The van der Waals surface area contributed by atoms with E-state index >= 15 is 0 Å². The number of nitrogens with one attached hydrogen (secondary N) is 1. The van der Waals surface area contributed by atoms with E-state index in [1.54, 1.807) is 18.2 Å². The monoisotopic (exact) mass is 311 g/mol. The largest absolute Gasteiger partial charge is 0.496 e. The Labute approximate surface area is 130 Å². The number of hydrogen-bond acceptors (Lipinski definition) is 3. The maximum absolute atomic E-state index is 12.3. The highest BCUT2D eigenvalue weighted by molar-refractivity contribution is 6.30. The number of aliphatic hydroxyl groups is 1. The summed E-state index contributed by atoms with van der Waals surface area (Å²) >= 11 is 5.89. The van der Waals surface area contributed by atoms with Gasteiger partial charge < -0.3 is 15.2 Å². The second-order valence-electron chi connectivity index (χ2n) is 5.95. The summed E-state index contributed by atoms with van der Waals surface area (Å²) in [5.74, 6) is 0.671. The molecule has 2 atom stereocenters. The molecular formula is C16H22ClNO3. The number of ether oxygens (including phenoxy) is 1. The van der Waals surface area contributed by atoms with Gasteiger partial charge in [0.15, 0.2) is 0 Å². The molecule has 1 aliphatic carbocycles. The second-order valence-corrected chi connectivity index (χ2v) is 6.39. The zero-order valence-electron chi connectivity index (χ0n) is 12.5. The average Bonchev–Trinajstić information content (AvgIpc) is 2.44. The first kappa shape index (κ1) is 16.1. The van der Waals surface area contributed by atoms with Crippen LogP contribution in [0, 0.1) is 5.92 Å². The van der Waals surface area contributed by atoms with Crippen LogP contribution in [-0.2, 0) is 0 Å². The molecule has 1 fully saturated rings. The van der Waals surface area contributed by atoms with Crippen LogP contribution >= 0.6 is 11.6 Å². The number of methoxy groups -OCH3 is 1. The van der Waals surface area contributed by atoms with Crippen LogP contribution < -0.4 is 10.1 Å². The van der Waals surface area contributed by atoms with Crippen molar-refractivity contribution >= 4 is 17.5 Å². The van der Waals surface area contributed by atoms with E-state index in [1.807, 2.05) is 0 Å². The van der Waals surface area contributed by atoms with Crippen LogP contribution in [0.25, 0.3) is 0 Å². The number of amides is 1. The molecule has 0 heterocycles. The smallest absolute Gasteiger partial charge is 0.255 e. The van der Waals surface area contributed by atoms with Gasteiger partial charge in [0.05, 0.1) is 18.3 Å². The molecule has 1 amide bonds. The zero-order valence-corrected chi connectivity index (χ0v) is 13.2. The van der Waals surface area contributed by atoms with Crippen molar-refractivity contribution in [3.63, 3.8) is 0 Å². The Hall–Kier alpha value is -1.26. The molecule has 2 unspecified atom stereocenters. The third kappa shape index (κ3) is 4.11. The van der Waals surface area contributed by atoms with Crippen molar-refractivity contribution < 1.29 is 14.6 Å². The normalized spacial score (nSPS) is 25.4. The fourth-order valence-corrected chi connectivity index (χ4v) is 3.15. The predicted octanol–water partition coefficient (Wildman–Crippen LogP) is 3.02. The quantitative estimate of drug-likeness (QED) is 0.898. The average molecular weight is 312 g/mol. The number of hydrogen-bond donors (Lipinski definition) is 2. The molecule has 0 aliphatic heterocycles. The van der Waals surface area contributed by atoms with Gasteiger partial charge in [-0.05, 0) is 37.0 Å². The van der Waals surface area contributed by atoms with Crippen LogP contribution in [-0.4, -0.2) is 30.3 Å². The molecule has 21 heavy (non-hydrogen) atoms. The topological polar surface area (TPSA) is 58.6 Å². The number of halogens is 1. The van der Waals surface area contributed by atoms with Crippen LogP contribution in [0.3, 0.4) is 0 Å². The number of carbonyl (C=O) groups is 1. The van der Waals surface area contributed by atoms with Crippen molar-refractivity contribution in [1.29, 1.82) is 0 Å². The summed E-state index contributed by atoms with van der Waals surface area (Å²) in [6.07, 6.45) is 3.60. The first-order valence-electron chi connectivity index (χ1n) is 7.28. The molecule has 0 spiro atoms. The van der Waals surface area contributed by atoms with E-state index in [4.69, 9.17) is 16.3 Å². The molecule has 4 nitrogen and oxygen atoms in total. The Morgan fingerprint density at radius 2 is 2.33 bits per heavy atom. The van der Waals surface area contributed by atoms with Crippen LogP contribution in [0.4, 0.5) is 0 Å². The molecule has 2 N–H and O–H groups in total. The van der Waals surface area contributed by atoms with Gasteiger partial charge in [0.2, 0.25) is 0 Å². The minimum absolute atomic E-state index is 0.254. The van der Waals surface area contributed by atoms with Gasteiger partial charge in [-0.15, -0.1) is 0 Å². The molecule has 2 rings (SSSR count). The molecule has 116 valence electrons. The summed E-state index contributed by atoms with van der Waals surface area (Å²) in [5.41, 5.74) is -0.373. The first-order valence-corrected chi connectivity index (χ1v) is 7.65. The molecule has 0 radical (unpaired) electrons. The molecule has 0 bridgehead atoms. The molecule has 0 aromatic heterocycles. The lowest BCUT2D eigenvalue weighted by molar-refractivity contribution is -0.0109. The fraction of sp³-hybridized carbons (Fsp3) is 0.562. The van der Waals surface area contributed by atoms with Crippen LogP contribution in [0.15, 0.2) is 18.2 Å². The summed E-state index contributed by atoms with van der Waals surface area (Å²) in [6.45, 7) is 2.40. The van der Waals surface area contributed by atoms with Gasteiger partial charge >= 0.3 is 0 Å². The molecule has 5 heteroatoms. The Balaban J connectivity index is 2.02. The van der Waals surface area contributed by atoms with Crippen LogP contribution in [0.5, 0.6) is 5.75 Å². The Kier molecular flexibility index (Phi) is 5.12. The number of carbonyl (C=O) groups excluding carboxylic acids is 1. The van der Waals surface area contributed by atoms with Gasteiger partial charge in [-0.2, -0.15) is 0 Å². The Bertz CT molecular complexity index is 520. The van der Waals surface area contributed by atoms with Gasteiger partial charge in [-0.1, -0.05) is 31.4 Å². The van der Waals surface area contributed by atoms with Crippen molar-refractivity contribution in [3.05, 3.63) is 28.8 Å². The van der Waals surface area contributed by atoms with Crippen molar-refractivity contribution in [3.8, 4) is 5.75 Å². The fourth-order valence-electron chi connectivity index (χ4n) is 2.99. The lowest BCUT2D eigenvalue weighted by atomic mass is 9.79. The van der Waals surface area contributed by atoms with Gasteiger partial charge in [-0.25, -0.2) is 0 Å². The highest BCUT2D eigenvalue weighted by atomic mass is 35.5. The predicted molar refractivity (Wildman–Crippen MR) is 82.9 cm³/mol. The van der Waals surface area contributed by atoms with Gasteiger partial charge in [0.1, 0.15) is 5.75 Å². The van der Waals surface area contributed by atoms with Gasteiger partial charge in [0.25, 0.3) is 5.91 Å². The summed E-state index contributed by atoms with van der Waals surface area (Å²) < 4.78 is 5.17. The Morgan fingerprint density at radius 1 is 1.57 bits per heavy atom. The molecular weight excluding hydrogens is 290 g/mol. The molecule has 1 aromatic carbocycles. The van der Waals surface area contributed by atoms with E-state index in [1.165, 1.54) is 7.11 Å². The second kappa shape index (κ2) is 6.67. The molecule has 1 aliphatic rings. The van der Waals surface area contributed by atoms with Crippen LogP contribution in [0.1, 0.15) is 43.0 Å². The molecule has 0 saturated heterocycles. The van der Waals surface area contributed by atoms with E-state index in [2.05, 4.69) is 12.2 Å². The van der Waals surface area contributed by atoms with E-state index in [0.717, 1.165) is 25.7 Å². The maximum atomic E-state index is 12.3. The lowest BCUT2D eigenvalue weighted by Gasteiger charge is -2.35. The van der Waals surface area contributed by atoms with Crippen LogP contribution in [0.2, 0.25) is 5.02 Å².